The molecule has 5 rings (SSSR count). The van der Waals surface area contributed by atoms with Gasteiger partial charge in [0, 0.05) is 55.4 Å². The van der Waals surface area contributed by atoms with Gasteiger partial charge < -0.3 is 9.73 Å². The molecular weight excluding hydrogens is 400 g/mol. The lowest BCUT2D eigenvalue weighted by atomic mass is 10.0. The van der Waals surface area contributed by atoms with Gasteiger partial charge in [0.05, 0.1) is 23.8 Å². The van der Waals surface area contributed by atoms with Crippen molar-refractivity contribution in [2.24, 2.45) is 0 Å². The number of aryl methyl sites for hydroxylation is 1. The minimum atomic E-state index is 0.350. The molecule has 1 aliphatic heterocycles. The van der Waals surface area contributed by atoms with Gasteiger partial charge in [-0.2, -0.15) is 0 Å². The molecule has 162 valence electrons. The Morgan fingerprint density at radius 1 is 1.00 bits per heavy atom. The van der Waals surface area contributed by atoms with Crippen LogP contribution in [0.25, 0.3) is 22.5 Å². The van der Waals surface area contributed by atoms with E-state index in [0.29, 0.717) is 12.0 Å². The van der Waals surface area contributed by atoms with Crippen molar-refractivity contribution in [2.45, 2.75) is 32.4 Å². The number of nitrogens with one attached hydrogen (secondary N) is 1. The summed E-state index contributed by atoms with van der Waals surface area (Å²) in [6, 6.07) is 12.9. The van der Waals surface area contributed by atoms with Crippen LogP contribution in [0.5, 0.6) is 0 Å². The number of hydrogen-bond donors (Lipinski definition) is 1. The highest BCUT2D eigenvalue weighted by Gasteiger charge is 2.21. The van der Waals surface area contributed by atoms with E-state index < -0.39 is 0 Å². The second kappa shape index (κ2) is 9.28. The summed E-state index contributed by atoms with van der Waals surface area (Å²) in [7, 11) is 0. The van der Waals surface area contributed by atoms with Crippen molar-refractivity contribution < 1.29 is 4.42 Å². The quantitative estimate of drug-likeness (QED) is 0.483. The van der Waals surface area contributed by atoms with Crippen LogP contribution in [0.3, 0.4) is 0 Å². The van der Waals surface area contributed by atoms with Gasteiger partial charge in [-0.3, -0.25) is 14.9 Å². The first-order valence-corrected chi connectivity index (χ1v) is 11.0. The standard InChI is InChI=1S/C25H26N6O/c1-18-21(9-14-32-18)24-22(23-16-26-10-11-27-23)15-28-25(30-24)29-20-7-12-31(13-8-20)17-19-5-3-2-4-6-19/h2-6,9-11,14-16,20H,7-8,12-13,17H2,1H3,(H,28,29,30). The summed E-state index contributed by atoms with van der Waals surface area (Å²) in [5.41, 5.74) is 4.68. The average Bonchev–Trinajstić information content (AvgIpc) is 3.27. The normalized spacial score (nSPS) is 15.0. The van der Waals surface area contributed by atoms with Gasteiger partial charge >= 0.3 is 0 Å². The first-order chi connectivity index (χ1) is 15.8. The van der Waals surface area contributed by atoms with Gasteiger partial charge in [-0.1, -0.05) is 30.3 Å². The van der Waals surface area contributed by atoms with Gasteiger partial charge in [-0.15, -0.1) is 0 Å². The molecule has 0 aliphatic carbocycles. The minimum absolute atomic E-state index is 0.350. The second-order valence-electron chi connectivity index (χ2n) is 8.12. The van der Waals surface area contributed by atoms with E-state index >= 15 is 0 Å². The Bertz CT molecular complexity index is 1150. The Morgan fingerprint density at radius 3 is 2.56 bits per heavy atom. The number of furan rings is 1. The third-order valence-corrected chi connectivity index (χ3v) is 5.91. The highest BCUT2D eigenvalue weighted by atomic mass is 16.3. The molecule has 0 radical (unpaired) electrons. The van der Waals surface area contributed by atoms with Crippen molar-refractivity contribution in [3.05, 3.63) is 78.8 Å². The molecule has 1 saturated heterocycles. The molecule has 7 nitrogen and oxygen atoms in total. The van der Waals surface area contributed by atoms with Crippen molar-refractivity contribution in [1.29, 1.82) is 0 Å². The van der Waals surface area contributed by atoms with Crippen molar-refractivity contribution in [3.63, 3.8) is 0 Å². The monoisotopic (exact) mass is 426 g/mol. The third-order valence-electron chi connectivity index (χ3n) is 5.91. The lowest BCUT2D eigenvalue weighted by Crippen LogP contribution is -2.39. The van der Waals surface area contributed by atoms with Crippen molar-refractivity contribution in [1.82, 2.24) is 24.8 Å². The fraction of sp³-hybridized carbons (Fsp3) is 0.280. The number of likely N-dealkylation sites (tertiary alicyclic amines) is 1. The topological polar surface area (TPSA) is 80.0 Å². The maximum absolute atomic E-state index is 5.54. The fourth-order valence-electron chi connectivity index (χ4n) is 4.17. The van der Waals surface area contributed by atoms with Crippen LogP contribution in [0.4, 0.5) is 5.95 Å². The zero-order chi connectivity index (χ0) is 21.8. The first kappa shape index (κ1) is 20.3. The van der Waals surface area contributed by atoms with Crippen molar-refractivity contribution in [2.75, 3.05) is 18.4 Å². The van der Waals surface area contributed by atoms with E-state index in [0.717, 1.165) is 60.8 Å². The third kappa shape index (κ3) is 4.53. The Balaban J connectivity index is 1.31. The molecule has 1 fully saturated rings. The highest BCUT2D eigenvalue weighted by molar-refractivity contribution is 5.79. The highest BCUT2D eigenvalue weighted by Crippen LogP contribution is 2.32. The number of aromatic nitrogens is 4. The van der Waals surface area contributed by atoms with Crippen LogP contribution in [-0.2, 0) is 6.54 Å². The number of nitrogens with zero attached hydrogens (tertiary/aromatic N) is 5. The summed E-state index contributed by atoms with van der Waals surface area (Å²) >= 11 is 0. The molecule has 0 amide bonds. The van der Waals surface area contributed by atoms with Gasteiger partial charge in [-0.25, -0.2) is 9.97 Å². The molecule has 0 spiro atoms. The summed E-state index contributed by atoms with van der Waals surface area (Å²) in [6.07, 6.45) is 10.7. The summed E-state index contributed by atoms with van der Waals surface area (Å²) in [5, 5.41) is 3.55. The number of anilines is 1. The molecule has 4 heterocycles. The van der Waals surface area contributed by atoms with Crippen LogP contribution in [0, 0.1) is 6.92 Å². The molecule has 0 unspecified atom stereocenters. The molecule has 0 bridgehead atoms. The maximum atomic E-state index is 5.54. The Hall–Kier alpha value is -3.58. The lowest BCUT2D eigenvalue weighted by molar-refractivity contribution is 0.211. The van der Waals surface area contributed by atoms with E-state index in [2.05, 4.69) is 55.5 Å². The Morgan fingerprint density at radius 2 is 1.84 bits per heavy atom. The molecule has 1 aromatic carbocycles. The number of piperidine rings is 1. The first-order valence-electron chi connectivity index (χ1n) is 11.0. The van der Waals surface area contributed by atoms with E-state index in [1.807, 2.05) is 19.2 Å². The van der Waals surface area contributed by atoms with Crippen molar-refractivity contribution in [3.8, 4) is 22.5 Å². The summed E-state index contributed by atoms with van der Waals surface area (Å²) in [4.78, 5) is 20.6. The number of benzene rings is 1. The van der Waals surface area contributed by atoms with Crippen molar-refractivity contribution >= 4 is 5.95 Å². The minimum Gasteiger partial charge on any atom is -0.469 e. The van der Waals surface area contributed by atoms with Crippen LogP contribution in [0.1, 0.15) is 24.2 Å². The van der Waals surface area contributed by atoms with E-state index in [1.165, 1.54) is 5.56 Å². The Kier molecular flexibility index (Phi) is 5.89. The van der Waals surface area contributed by atoms with Gasteiger partial charge in [0.1, 0.15) is 5.76 Å². The SMILES string of the molecule is Cc1occc1-c1nc(NC2CCN(Cc3ccccc3)CC2)ncc1-c1cnccn1. The second-order valence-corrected chi connectivity index (χ2v) is 8.12. The van der Waals surface area contributed by atoms with E-state index in [1.54, 1.807) is 24.9 Å². The zero-order valence-electron chi connectivity index (χ0n) is 18.1. The summed E-state index contributed by atoms with van der Waals surface area (Å²) < 4.78 is 5.54. The molecule has 32 heavy (non-hydrogen) atoms. The Labute approximate surface area is 187 Å². The molecule has 4 aromatic rings. The number of rotatable bonds is 6. The van der Waals surface area contributed by atoms with Crippen LogP contribution < -0.4 is 5.32 Å². The van der Waals surface area contributed by atoms with E-state index in [4.69, 9.17) is 9.40 Å². The van der Waals surface area contributed by atoms with Crippen LogP contribution >= 0.6 is 0 Å². The predicted octanol–water partition coefficient (Wildman–Crippen LogP) is 4.58. The van der Waals surface area contributed by atoms with Crippen LogP contribution in [0.2, 0.25) is 0 Å². The average molecular weight is 427 g/mol. The molecular formula is C25H26N6O. The predicted molar refractivity (Wildman–Crippen MR) is 124 cm³/mol. The van der Waals surface area contributed by atoms with Gasteiger partial charge in [0.25, 0.3) is 0 Å². The largest absolute Gasteiger partial charge is 0.469 e. The van der Waals surface area contributed by atoms with Crippen LogP contribution in [-0.4, -0.2) is 44.0 Å². The van der Waals surface area contributed by atoms with Gasteiger partial charge in [0.2, 0.25) is 5.95 Å². The lowest BCUT2D eigenvalue weighted by Gasteiger charge is -2.32. The molecule has 1 aliphatic rings. The molecule has 0 atom stereocenters. The molecule has 0 saturated carbocycles. The molecule has 7 heteroatoms. The van der Waals surface area contributed by atoms with Gasteiger partial charge in [-0.05, 0) is 31.4 Å². The summed E-state index contributed by atoms with van der Waals surface area (Å²) in [6.45, 7) is 5.05. The molecule has 3 aromatic heterocycles. The van der Waals surface area contributed by atoms with E-state index in [9.17, 15) is 0 Å². The number of hydrogen-bond acceptors (Lipinski definition) is 7. The van der Waals surface area contributed by atoms with Crippen LogP contribution in [0.15, 0.2) is 71.9 Å². The smallest absolute Gasteiger partial charge is 0.223 e. The fourth-order valence-corrected chi connectivity index (χ4v) is 4.17. The van der Waals surface area contributed by atoms with Gasteiger partial charge in [0.15, 0.2) is 0 Å². The maximum Gasteiger partial charge on any atom is 0.223 e. The molecule has 1 N–H and O–H groups in total. The zero-order valence-corrected chi connectivity index (χ0v) is 18.1. The van der Waals surface area contributed by atoms with E-state index in [-0.39, 0.29) is 0 Å². The summed E-state index contributed by atoms with van der Waals surface area (Å²) in [5.74, 6) is 1.45.